The molecule has 112 valence electrons. The van der Waals surface area contributed by atoms with Crippen LogP contribution in [-0.2, 0) is 0 Å². The van der Waals surface area contributed by atoms with E-state index in [0.717, 1.165) is 12.3 Å². The Bertz CT molecular complexity index is 418. The molecule has 1 aromatic carbocycles. The van der Waals surface area contributed by atoms with Crippen LogP contribution in [0.25, 0.3) is 0 Å². The minimum absolute atomic E-state index is 0.397. The lowest BCUT2D eigenvalue weighted by atomic mass is 9.93. The molecule has 0 radical (unpaired) electrons. The Kier molecular flexibility index (Phi) is 4.87. The largest absolute Gasteiger partial charge is 0.389 e. The van der Waals surface area contributed by atoms with Crippen molar-refractivity contribution in [3.8, 4) is 0 Å². The van der Waals surface area contributed by atoms with Gasteiger partial charge in [-0.15, -0.1) is 0 Å². The molecule has 0 aliphatic heterocycles. The predicted octanol–water partition coefficient (Wildman–Crippen LogP) is 3.83. The molecule has 0 heterocycles. The summed E-state index contributed by atoms with van der Waals surface area (Å²) < 4.78 is 0. The molecule has 2 atom stereocenters. The zero-order valence-corrected chi connectivity index (χ0v) is 13.3. The van der Waals surface area contributed by atoms with E-state index < -0.39 is 5.60 Å². The second-order valence-corrected chi connectivity index (χ2v) is 7.20. The summed E-state index contributed by atoms with van der Waals surface area (Å²) in [7, 11) is 0. The molecule has 1 fully saturated rings. The molecule has 2 N–H and O–H groups in total. The van der Waals surface area contributed by atoms with Crippen LogP contribution in [0.15, 0.2) is 24.3 Å². The Morgan fingerprint density at radius 3 is 2.35 bits per heavy atom. The summed E-state index contributed by atoms with van der Waals surface area (Å²) in [6, 6.07) is 9.21. The molecule has 2 heteroatoms. The molecule has 0 aromatic heterocycles. The zero-order valence-electron chi connectivity index (χ0n) is 13.3. The van der Waals surface area contributed by atoms with E-state index in [-0.39, 0.29) is 0 Å². The molecule has 1 aromatic rings. The number of nitrogens with one attached hydrogen (secondary N) is 1. The summed E-state index contributed by atoms with van der Waals surface area (Å²) >= 11 is 0. The molecule has 2 nitrogen and oxygen atoms in total. The van der Waals surface area contributed by atoms with Crippen molar-refractivity contribution in [3.05, 3.63) is 35.4 Å². The summed E-state index contributed by atoms with van der Waals surface area (Å²) in [4.78, 5) is 0. The maximum absolute atomic E-state index is 10.5. The molecule has 0 bridgehead atoms. The van der Waals surface area contributed by atoms with Gasteiger partial charge >= 0.3 is 0 Å². The summed E-state index contributed by atoms with van der Waals surface area (Å²) in [5.41, 5.74) is 2.04. The normalized spacial score (nSPS) is 19.9. The van der Waals surface area contributed by atoms with E-state index in [1.54, 1.807) is 0 Å². The number of aryl methyl sites for hydroxylation is 1. The van der Waals surface area contributed by atoms with Crippen LogP contribution in [-0.4, -0.2) is 17.3 Å². The topological polar surface area (TPSA) is 32.3 Å². The first-order valence-corrected chi connectivity index (χ1v) is 7.90. The van der Waals surface area contributed by atoms with Crippen molar-refractivity contribution in [2.24, 2.45) is 11.8 Å². The van der Waals surface area contributed by atoms with E-state index in [0.29, 0.717) is 18.5 Å². The van der Waals surface area contributed by atoms with Crippen molar-refractivity contribution in [3.63, 3.8) is 0 Å². The second kappa shape index (κ2) is 6.28. The van der Waals surface area contributed by atoms with Crippen LogP contribution in [0.5, 0.6) is 0 Å². The smallest absolute Gasteiger partial charge is 0.0746 e. The van der Waals surface area contributed by atoms with Gasteiger partial charge in [-0.05, 0) is 50.5 Å². The molecule has 1 aliphatic rings. The van der Waals surface area contributed by atoms with Crippen LogP contribution >= 0.6 is 0 Å². The summed E-state index contributed by atoms with van der Waals surface area (Å²) in [5, 5.41) is 14.1. The third-order valence-corrected chi connectivity index (χ3v) is 4.08. The van der Waals surface area contributed by atoms with Gasteiger partial charge < -0.3 is 10.4 Å². The third-order valence-electron chi connectivity index (χ3n) is 4.08. The Labute approximate surface area is 123 Å². The van der Waals surface area contributed by atoms with Crippen LogP contribution in [0, 0.1) is 18.8 Å². The first-order valence-electron chi connectivity index (χ1n) is 7.90. The van der Waals surface area contributed by atoms with Crippen molar-refractivity contribution >= 4 is 0 Å². The van der Waals surface area contributed by atoms with Gasteiger partial charge in [0, 0.05) is 12.6 Å². The SMILES string of the molecule is Cc1ccc(C(NCC(C)(O)CC(C)C)C2CC2)cc1. The predicted molar refractivity (Wildman–Crippen MR) is 84.7 cm³/mol. The van der Waals surface area contributed by atoms with E-state index >= 15 is 0 Å². The molecule has 2 rings (SSSR count). The lowest BCUT2D eigenvalue weighted by Crippen LogP contribution is -2.41. The van der Waals surface area contributed by atoms with E-state index in [1.165, 1.54) is 24.0 Å². The summed E-state index contributed by atoms with van der Waals surface area (Å²) in [6.07, 6.45) is 3.45. The highest BCUT2D eigenvalue weighted by Crippen LogP contribution is 2.41. The molecule has 0 amide bonds. The molecule has 2 unspecified atom stereocenters. The van der Waals surface area contributed by atoms with E-state index in [1.807, 2.05) is 6.92 Å². The quantitative estimate of drug-likeness (QED) is 0.792. The fourth-order valence-electron chi connectivity index (χ4n) is 3.04. The van der Waals surface area contributed by atoms with Crippen LogP contribution in [0.3, 0.4) is 0 Å². The lowest BCUT2D eigenvalue weighted by molar-refractivity contribution is 0.0351. The highest BCUT2D eigenvalue weighted by molar-refractivity contribution is 5.25. The van der Waals surface area contributed by atoms with Gasteiger partial charge in [0.05, 0.1) is 5.60 Å². The van der Waals surface area contributed by atoms with Gasteiger partial charge in [0.25, 0.3) is 0 Å². The maximum Gasteiger partial charge on any atom is 0.0746 e. The molecule has 1 aliphatic carbocycles. The summed E-state index contributed by atoms with van der Waals surface area (Å²) in [6.45, 7) is 9.05. The highest BCUT2D eigenvalue weighted by Gasteiger charge is 2.33. The number of hydrogen-bond acceptors (Lipinski definition) is 2. The van der Waals surface area contributed by atoms with Crippen LogP contribution < -0.4 is 5.32 Å². The average Bonchev–Trinajstić information content (AvgIpc) is 3.14. The van der Waals surface area contributed by atoms with Crippen LogP contribution in [0.2, 0.25) is 0 Å². The van der Waals surface area contributed by atoms with Crippen LogP contribution in [0.1, 0.15) is 57.2 Å². The Balaban J connectivity index is 1.98. The molecule has 0 spiro atoms. The summed E-state index contributed by atoms with van der Waals surface area (Å²) in [5.74, 6) is 1.26. The fourth-order valence-corrected chi connectivity index (χ4v) is 3.04. The number of benzene rings is 1. The molecular weight excluding hydrogens is 246 g/mol. The maximum atomic E-state index is 10.5. The molecule has 1 saturated carbocycles. The number of hydrogen-bond donors (Lipinski definition) is 2. The van der Waals surface area contributed by atoms with Gasteiger partial charge in [-0.25, -0.2) is 0 Å². The van der Waals surface area contributed by atoms with Gasteiger partial charge in [0.1, 0.15) is 0 Å². The molecule has 20 heavy (non-hydrogen) atoms. The first-order chi connectivity index (χ1) is 9.37. The Morgan fingerprint density at radius 2 is 1.85 bits per heavy atom. The fraction of sp³-hybridized carbons (Fsp3) is 0.667. The second-order valence-electron chi connectivity index (χ2n) is 7.20. The highest BCUT2D eigenvalue weighted by atomic mass is 16.3. The van der Waals surface area contributed by atoms with E-state index in [2.05, 4.69) is 50.4 Å². The van der Waals surface area contributed by atoms with Gasteiger partial charge in [-0.1, -0.05) is 43.7 Å². The van der Waals surface area contributed by atoms with Gasteiger partial charge in [0.15, 0.2) is 0 Å². The lowest BCUT2D eigenvalue weighted by Gasteiger charge is -2.29. The van der Waals surface area contributed by atoms with Crippen molar-refractivity contribution in [1.82, 2.24) is 5.32 Å². The van der Waals surface area contributed by atoms with Crippen LogP contribution in [0.4, 0.5) is 0 Å². The van der Waals surface area contributed by atoms with Crippen molar-refractivity contribution in [2.75, 3.05) is 6.54 Å². The number of rotatable bonds is 7. The monoisotopic (exact) mass is 275 g/mol. The third kappa shape index (κ3) is 4.60. The average molecular weight is 275 g/mol. The molecule has 0 saturated heterocycles. The minimum Gasteiger partial charge on any atom is -0.389 e. The van der Waals surface area contributed by atoms with E-state index in [9.17, 15) is 5.11 Å². The molecular formula is C18H29NO. The van der Waals surface area contributed by atoms with Crippen molar-refractivity contribution in [1.29, 1.82) is 0 Å². The van der Waals surface area contributed by atoms with Gasteiger partial charge in [0.2, 0.25) is 0 Å². The number of aliphatic hydroxyl groups is 1. The Morgan fingerprint density at radius 1 is 1.25 bits per heavy atom. The van der Waals surface area contributed by atoms with E-state index in [4.69, 9.17) is 0 Å². The van der Waals surface area contributed by atoms with Crippen molar-refractivity contribution < 1.29 is 5.11 Å². The van der Waals surface area contributed by atoms with Gasteiger partial charge in [-0.3, -0.25) is 0 Å². The Hall–Kier alpha value is -0.860. The first kappa shape index (κ1) is 15.5. The van der Waals surface area contributed by atoms with Gasteiger partial charge in [-0.2, -0.15) is 0 Å². The zero-order chi connectivity index (χ0) is 14.8. The van der Waals surface area contributed by atoms with Crippen molar-refractivity contribution in [2.45, 2.75) is 58.6 Å². The minimum atomic E-state index is -0.619. The standard InChI is InChI=1S/C18H29NO/c1-13(2)11-18(4,20)12-19-17(16-9-10-16)15-7-5-14(3)6-8-15/h5-8,13,16-17,19-20H,9-12H2,1-4H3.